The molecule has 1 atom stereocenters. The van der Waals surface area contributed by atoms with Crippen LogP contribution in [0.4, 0.5) is 0 Å². The Kier molecular flexibility index (Phi) is 4.70. The fraction of sp³-hybridized carbons (Fsp3) is 0.375. The van der Waals surface area contributed by atoms with Crippen LogP contribution in [-0.4, -0.2) is 29.9 Å². The summed E-state index contributed by atoms with van der Waals surface area (Å²) in [6.07, 6.45) is 1.91. The number of carbonyl (C=O) groups is 1. The van der Waals surface area contributed by atoms with Crippen molar-refractivity contribution < 1.29 is 14.3 Å². The lowest BCUT2D eigenvalue weighted by molar-refractivity contribution is 0.0936. The smallest absolute Gasteiger partial charge is 0.255 e. The minimum atomic E-state index is -0.199. The maximum absolute atomic E-state index is 12.5. The van der Waals surface area contributed by atoms with Gasteiger partial charge in [-0.1, -0.05) is 0 Å². The standard InChI is InChI=1S/C16H21N3O3/c1-10(14-9-19(3)18-11(14)2)17-16(20)13-7-6-12(21-4)8-15(13)22-5/h6-10H,1-5H3,(H,17,20). The van der Waals surface area contributed by atoms with Crippen LogP contribution in [0.2, 0.25) is 0 Å². The molecule has 0 aliphatic heterocycles. The van der Waals surface area contributed by atoms with E-state index >= 15 is 0 Å². The quantitative estimate of drug-likeness (QED) is 0.920. The second-order valence-corrected chi connectivity index (χ2v) is 5.10. The van der Waals surface area contributed by atoms with Crippen LogP contribution in [0.3, 0.4) is 0 Å². The van der Waals surface area contributed by atoms with E-state index in [0.717, 1.165) is 11.3 Å². The molecule has 0 fully saturated rings. The molecule has 0 aliphatic carbocycles. The third-order valence-electron chi connectivity index (χ3n) is 3.52. The van der Waals surface area contributed by atoms with Crippen LogP contribution in [-0.2, 0) is 7.05 Å². The van der Waals surface area contributed by atoms with Gasteiger partial charge in [0.2, 0.25) is 0 Å². The number of nitrogens with one attached hydrogen (secondary N) is 1. The summed E-state index contributed by atoms with van der Waals surface area (Å²) in [6, 6.07) is 4.97. The van der Waals surface area contributed by atoms with E-state index in [1.165, 1.54) is 7.11 Å². The third kappa shape index (κ3) is 3.21. The predicted molar refractivity (Wildman–Crippen MR) is 83.4 cm³/mol. The number of hydrogen-bond acceptors (Lipinski definition) is 4. The van der Waals surface area contributed by atoms with Crippen molar-refractivity contribution in [3.05, 3.63) is 41.2 Å². The average Bonchev–Trinajstić information content (AvgIpc) is 2.85. The summed E-state index contributed by atoms with van der Waals surface area (Å²) in [6.45, 7) is 3.85. The molecule has 1 aromatic heterocycles. The molecule has 2 aromatic rings. The highest BCUT2D eigenvalue weighted by Gasteiger charge is 2.18. The molecule has 6 heteroatoms. The number of amides is 1. The Labute approximate surface area is 130 Å². The van der Waals surface area contributed by atoms with Crippen molar-refractivity contribution in [2.45, 2.75) is 19.9 Å². The van der Waals surface area contributed by atoms with Gasteiger partial charge in [-0.15, -0.1) is 0 Å². The molecule has 0 saturated carbocycles. The monoisotopic (exact) mass is 303 g/mol. The molecule has 0 bridgehead atoms. The van der Waals surface area contributed by atoms with Crippen molar-refractivity contribution in [3.8, 4) is 11.5 Å². The average molecular weight is 303 g/mol. The summed E-state index contributed by atoms with van der Waals surface area (Å²) < 4.78 is 12.1. The maximum atomic E-state index is 12.5. The molecule has 1 heterocycles. The van der Waals surface area contributed by atoms with Gasteiger partial charge in [-0.25, -0.2) is 0 Å². The molecule has 1 N–H and O–H groups in total. The van der Waals surface area contributed by atoms with E-state index in [9.17, 15) is 4.79 Å². The lowest BCUT2D eigenvalue weighted by atomic mass is 10.1. The lowest BCUT2D eigenvalue weighted by Crippen LogP contribution is -2.27. The summed E-state index contributed by atoms with van der Waals surface area (Å²) >= 11 is 0. The van der Waals surface area contributed by atoms with E-state index in [-0.39, 0.29) is 11.9 Å². The molecule has 0 aliphatic rings. The third-order valence-corrected chi connectivity index (χ3v) is 3.52. The molecule has 1 unspecified atom stereocenters. The Bertz CT molecular complexity index is 679. The van der Waals surface area contributed by atoms with Gasteiger partial charge >= 0.3 is 0 Å². The van der Waals surface area contributed by atoms with Gasteiger partial charge in [-0.05, 0) is 26.0 Å². The van der Waals surface area contributed by atoms with Crippen molar-refractivity contribution in [1.29, 1.82) is 0 Å². The normalized spacial score (nSPS) is 11.9. The van der Waals surface area contributed by atoms with Gasteiger partial charge in [-0.3, -0.25) is 9.48 Å². The molecule has 0 spiro atoms. The van der Waals surface area contributed by atoms with Crippen LogP contribution in [0.1, 0.15) is 34.6 Å². The summed E-state index contributed by atoms with van der Waals surface area (Å²) in [5.41, 5.74) is 2.36. The number of hydrogen-bond donors (Lipinski definition) is 1. The first kappa shape index (κ1) is 15.9. The van der Waals surface area contributed by atoms with Crippen LogP contribution < -0.4 is 14.8 Å². The topological polar surface area (TPSA) is 65.4 Å². The van der Waals surface area contributed by atoms with Gasteiger partial charge < -0.3 is 14.8 Å². The first-order chi connectivity index (χ1) is 10.5. The van der Waals surface area contributed by atoms with Gasteiger partial charge in [0.05, 0.1) is 31.5 Å². The van der Waals surface area contributed by atoms with E-state index in [1.54, 1.807) is 30.0 Å². The molecule has 2 rings (SSSR count). The Balaban J connectivity index is 2.20. The molecular weight excluding hydrogens is 282 g/mol. The first-order valence-electron chi connectivity index (χ1n) is 6.99. The number of aromatic nitrogens is 2. The van der Waals surface area contributed by atoms with Crippen molar-refractivity contribution >= 4 is 5.91 Å². The van der Waals surface area contributed by atoms with Crippen LogP contribution in [0.25, 0.3) is 0 Å². The Hall–Kier alpha value is -2.50. The summed E-state index contributed by atoms with van der Waals surface area (Å²) in [7, 11) is 4.96. The van der Waals surface area contributed by atoms with Crippen LogP contribution in [0, 0.1) is 6.92 Å². The Morgan fingerprint density at radius 1 is 1.32 bits per heavy atom. The molecule has 1 amide bonds. The van der Waals surface area contributed by atoms with Crippen molar-refractivity contribution in [1.82, 2.24) is 15.1 Å². The van der Waals surface area contributed by atoms with Gasteiger partial charge in [0.25, 0.3) is 5.91 Å². The number of nitrogens with zero attached hydrogens (tertiary/aromatic N) is 2. The summed E-state index contributed by atoms with van der Waals surface area (Å²) in [5.74, 6) is 0.923. The highest BCUT2D eigenvalue weighted by molar-refractivity contribution is 5.97. The zero-order valence-electron chi connectivity index (χ0n) is 13.5. The van der Waals surface area contributed by atoms with E-state index < -0.39 is 0 Å². The minimum absolute atomic E-state index is 0.145. The second-order valence-electron chi connectivity index (χ2n) is 5.10. The maximum Gasteiger partial charge on any atom is 0.255 e. The van der Waals surface area contributed by atoms with Crippen LogP contribution in [0.5, 0.6) is 11.5 Å². The van der Waals surface area contributed by atoms with E-state index in [4.69, 9.17) is 9.47 Å². The number of carbonyl (C=O) groups excluding carboxylic acids is 1. The Morgan fingerprint density at radius 3 is 2.59 bits per heavy atom. The van der Waals surface area contributed by atoms with Crippen LogP contribution >= 0.6 is 0 Å². The second kappa shape index (κ2) is 6.51. The molecule has 6 nitrogen and oxygen atoms in total. The molecule has 0 saturated heterocycles. The highest BCUT2D eigenvalue weighted by atomic mass is 16.5. The van der Waals surface area contributed by atoms with Crippen molar-refractivity contribution in [2.75, 3.05) is 14.2 Å². The predicted octanol–water partition coefficient (Wildman–Crippen LogP) is 2.24. The number of benzene rings is 1. The minimum Gasteiger partial charge on any atom is -0.497 e. The fourth-order valence-corrected chi connectivity index (χ4v) is 2.38. The van der Waals surface area contributed by atoms with Crippen molar-refractivity contribution in [2.24, 2.45) is 7.05 Å². The van der Waals surface area contributed by atoms with Gasteiger partial charge in [-0.2, -0.15) is 5.10 Å². The highest BCUT2D eigenvalue weighted by Crippen LogP contribution is 2.25. The first-order valence-corrected chi connectivity index (χ1v) is 6.99. The fourth-order valence-electron chi connectivity index (χ4n) is 2.38. The molecule has 118 valence electrons. The van der Waals surface area contributed by atoms with Gasteiger partial charge in [0, 0.05) is 24.9 Å². The lowest BCUT2D eigenvalue weighted by Gasteiger charge is -2.15. The van der Waals surface area contributed by atoms with Gasteiger partial charge in [0.15, 0.2) is 0 Å². The van der Waals surface area contributed by atoms with Crippen molar-refractivity contribution in [3.63, 3.8) is 0 Å². The zero-order chi connectivity index (χ0) is 16.3. The summed E-state index contributed by atoms with van der Waals surface area (Å²) in [5, 5.41) is 7.26. The molecule has 1 aromatic carbocycles. The largest absolute Gasteiger partial charge is 0.497 e. The SMILES string of the molecule is COc1ccc(C(=O)NC(C)c2cn(C)nc2C)c(OC)c1. The van der Waals surface area contributed by atoms with Gasteiger partial charge in [0.1, 0.15) is 11.5 Å². The Morgan fingerprint density at radius 2 is 2.05 bits per heavy atom. The number of aryl methyl sites for hydroxylation is 2. The molecular formula is C16H21N3O3. The van der Waals surface area contributed by atoms with Crippen LogP contribution in [0.15, 0.2) is 24.4 Å². The number of ether oxygens (including phenoxy) is 2. The zero-order valence-corrected chi connectivity index (χ0v) is 13.5. The van der Waals surface area contributed by atoms with E-state index in [2.05, 4.69) is 10.4 Å². The van der Waals surface area contributed by atoms with E-state index in [0.29, 0.717) is 17.1 Å². The van der Waals surface area contributed by atoms with E-state index in [1.807, 2.05) is 27.1 Å². The molecule has 22 heavy (non-hydrogen) atoms. The summed E-state index contributed by atoms with van der Waals surface area (Å²) in [4.78, 5) is 12.5. The number of methoxy groups -OCH3 is 2. The molecule has 0 radical (unpaired) electrons. The number of rotatable bonds is 5.